The van der Waals surface area contributed by atoms with Gasteiger partial charge in [-0.2, -0.15) is 10.2 Å². The molecular formula is C17H19N7O. The smallest absolute Gasteiger partial charge is 0.272 e. The molecule has 1 atom stereocenters. The van der Waals surface area contributed by atoms with Crippen molar-refractivity contribution in [1.29, 1.82) is 0 Å². The predicted molar refractivity (Wildman–Crippen MR) is 90.1 cm³/mol. The molecular weight excluding hydrogens is 318 g/mol. The summed E-state index contributed by atoms with van der Waals surface area (Å²) >= 11 is 0. The second kappa shape index (κ2) is 6.46. The molecule has 1 amide bonds. The fourth-order valence-corrected chi connectivity index (χ4v) is 3.21. The Morgan fingerprint density at radius 1 is 1.48 bits per heavy atom. The van der Waals surface area contributed by atoms with E-state index in [0.29, 0.717) is 24.0 Å². The summed E-state index contributed by atoms with van der Waals surface area (Å²) in [5, 5.41) is 14.3. The fraction of sp³-hybridized carbons (Fsp3) is 0.353. The van der Waals surface area contributed by atoms with Gasteiger partial charge in [-0.1, -0.05) is 13.0 Å². The summed E-state index contributed by atoms with van der Waals surface area (Å²) in [6.45, 7) is 2.55. The molecule has 4 rings (SSSR count). The standard InChI is InChI=1S/C17H19N7O/c1-11-4-5-14-13(7-11)15(23-22-14)17(25)20-8-12-3-2-6-19-16(12)24-10-18-9-21-24/h2-3,6,9-11H,4-5,7-8H2,1H3,(H,20,25)(H,22,23)/t11-/m0/s1. The van der Waals surface area contributed by atoms with Gasteiger partial charge in [0.1, 0.15) is 12.7 Å². The van der Waals surface area contributed by atoms with Gasteiger partial charge >= 0.3 is 0 Å². The molecule has 0 spiro atoms. The number of rotatable bonds is 4. The topological polar surface area (TPSA) is 101 Å². The monoisotopic (exact) mass is 337 g/mol. The maximum absolute atomic E-state index is 12.6. The Labute approximate surface area is 144 Å². The van der Waals surface area contributed by atoms with E-state index >= 15 is 0 Å². The van der Waals surface area contributed by atoms with Gasteiger partial charge in [0.15, 0.2) is 11.5 Å². The van der Waals surface area contributed by atoms with Crippen LogP contribution in [0.2, 0.25) is 0 Å². The van der Waals surface area contributed by atoms with Crippen LogP contribution in [0.3, 0.4) is 0 Å². The number of carbonyl (C=O) groups is 1. The third-order valence-electron chi connectivity index (χ3n) is 4.55. The lowest BCUT2D eigenvalue weighted by Gasteiger charge is -2.18. The van der Waals surface area contributed by atoms with Crippen molar-refractivity contribution in [3.8, 4) is 5.82 Å². The van der Waals surface area contributed by atoms with Gasteiger partial charge in [-0.05, 0) is 31.2 Å². The number of aromatic amines is 1. The maximum atomic E-state index is 12.6. The van der Waals surface area contributed by atoms with E-state index in [2.05, 4.69) is 37.5 Å². The number of H-pyrrole nitrogens is 1. The van der Waals surface area contributed by atoms with Crippen LogP contribution in [0.4, 0.5) is 0 Å². The van der Waals surface area contributed by atoms with Gasteiger partial charge < -0.3 is 5.32 Å². The molecule has 8 heteroatoms. The van der Waals surface area contributed by atoms with E-state index in [4.69, 9.17) is 0 Å². The molecule has 0 saturated carbocycles. The van der Waals surface area contributed by atoms with Gasteiger partial charge in [-0.25, -0.2) is 14.6 Å². The van der Waals surface area contributed by atoms with Gasteiger partial charge in [-0.3, -0.25) is 9.89 Å². The van der Waals surface area contributed by atoms with E-state index in [9.17, 15) is 4.79 Å². The normalized spacial score (nSPS) is 16.4. The minimum absolute atomic E-state index is 0.167. The van der Waals surface area contributed by atoms with Crippen LogP contribution in [0, 0.1) is 5.92 Å². The lowest BCUT2D eigenvalue weighted by Crippen LogP contribution is -2.26. The Hall–Kier alpha value is -3.03. The first-order chi connectivity index (χ1) is 12.2. The molecule has 8 nitrogen and oxygen atoms in total. The number of hydrogen-bond acceptors (Lipinski definition) is 5. The number of nitrogens with zero attached hydrogens (tertiary/aromatic N) is 5. The van der Waals surface area contributed by atoms with Crippen LogP contribution < -0.4 is 5.32 Å². The van der Waals surface area contributed by atoms with Crippen LogP contribution in [-0.2, 0) is 19.4 Å². The molecule has 0 bridgehead atoms. The molecule has 1 aliphatic carbocycles. The van der Waals surface area contributed by atoms with Crippen LogP contribution in [0.25, 0.3) is 5.82 Å². The van der Waals surface area contributed by atoms with Gasteiger partial charge in [0, 0.05) is 29.6 Å². The molecule has 128 valence electrons. The molecule has 0 saturated heterocycles. The molecule has 3 aromatic heterocycles. The number of aryl methyl sites for hydroxylation is 1. The SMILES string of the molecule is C[C@H]1CCc2[nH]nc(C(=O)NCc3cccnc3-n3cncn3)c2C1. The minimum Gasteiger partial charge on any atom is -0.346 e. The Morgan fingerprint density at radius 2 is 2.40 bits per heavy atom. The van der Waals surface area contributed by atoms with Gasteiger partial charge in [-0.15, -0.1) is 0 Å². The number of aromatic nitrogens is 6. The van der Waals surface area contributed by atoms with Crippen molar-refractivity contribution in [2.45, 2.75) is 32.7 Å². The van der Waals surface area contributed by atoms with Crippen LogP contribution in [0.1, 0.15) is 40.7 Å². The second-order valence-corrected chi connectivity index (χ2v) is 6.39. The number of amides is 1. The summed E-state index contributed by atoms with van der Waals surface area (Å²) in [6, 6.07) is 3.74. The highest BCUT2D eigenvalue weighted by molar-refractivity contribution is 5.94. The molecule has 0 unspecified atom stereocenters. The molecule has 0 aromatic carbocycles. The molecule has 2 N–H and O–H groups in total. The lowest BCUT2D eigenvalue weighted by atomic mass is 9.87. The zero-order valence-electron chi connectivity index (χ0n) is 13.9. The van der Waals surface area contributed by atoms with E-state index < -0.39 is 0 Å². The minimum atomic E-state index is -0.167. The van der Waals surface area contributed by atoms with Gasteiger partial charge in [0.2, 0.25) is 0 Å². The van der Waals surface area contributed by atoms with E-state index in [1.54, 1.807) is 17.2 Å². The first-order valence-corrected chi connectivity index (χ1v) is 8.35. The highest BCUT2D eigenvalue weighted by atomic mass is 16.1. The molecule has 0 radical (unpaired) electrons. The maximum Gasteiger partial charge on any atom is 0.272 e. The van der Waals surface area contributed by atoms with Crippen molar-refractivity contribution in [2.24, 2.45) is 5.92 Å². The molecule has 25 heavy (non-hydrogen) atoms. The number of pyridine rings is 1. The van der Waals surface area contributed by atoms with E-state index in [0.717, 1.165) is 36.1 Å². The Kier molecular flexibility index (Phi) is 4.01. The van der Waals surface area contributed by atoms with Gasteiger partial charge in [0.25, 0.3) is 5.91 Å². The Balaban J connectivity index is 1.51. The summed E-state index contributed by atoms with van der Waals surface area (Å²) in [7, 11) is 0. The largest absolute Gasteiger partial charge is 0.346 e. The Morgan fingerprint density at radius 3 is 3.24 bits per heavy atom. The van der Waals surface area contributed by atoms with Crippen LogP contribution in [-0.4, -0.2) is 35.9 Å². The molecule has 0 aliphatic heterocycles. The van der Waals surface area contributed by atoms with Gasteiger partial charge in [0.05, 0.1) is 0 Å². The second-order valence-electron chi connectivity index (χ2n) is 6.39. The van der Waals surface area contributed by atoms with Crippen LogP contribution >= 0.6 is 0 Å². The summed E-state index contributed by atoms with van der Waals surface area (Å²) in [5.74, 6) is 1.06. The first-order valence-electron chi connectivity index (χ1n) is 8.35. The lowest BCUT2D eigenvalue weighted by molar-refractivity contribution is 0.0944. The van der Waals surface area contributed by atoms with Crippen molar-refractivity contribution in [3.05, 3.63) is 53.5 Å². The molecule has 1 aliphatic rings. The molecule has 0 fully saturated rings. The van der Waals surface area contributed by atoms with E-state index in [1.807, 2.05) is 12.1 Å². The van der Waals surface area contributed by atoms with E-state index in [-0.39, 0.29) is 5.91 Å². The van der Waals surface area contributed by atoms with E-state index in [1.165, 1.54) is 6.33 Å². The van der Waals surface area contributed by atoms with Crippen molar-refractivity contribution in [1.82, 2.24) is 35.3 Å². The average Bonchev–Trinajstić information content (AvgIpc) is 3.29. The highest BCUT2D eigenvalue weighted by Gasteiger charge is 2.24. The van der Waals surface area contributed by atoms with Crippen molar-refractivity contribution < 1.29 is 4.79 Å². The zero-order chi connectivity index (χ0) is 17.2. The number of hydrogen-bond donors (Lipinski definition) is 2. The third-order valence-corrected chi connectivity index (χ3v) is 4.55. The summed E-state index contributed by atoms with van der Waals surface area (Å²) in [4.78, 5) is 20.9. The van der Waals surface area contributed by atoms with Crippen molar-refractivity contribution in [3.63, 3.8) is 0 Å². The van der Waals surface area contributed by atoms with Crippen molar-refractivity contribution >= 4 is 5.91 Å². The van der Waals surface area contributed by atoms with Crippen LogP contribution in [0.15, 0.2) is 31.0 Å². The quantitative estimate of drug-likeness (QED) is 0.750. The first kappa shape index (κ1) is 15.5. The van der Waals surface area contributed by atoms with Crippen molar-refractivity contribution in [2.75, 3.05) is 0 Å². The number of carbonyl (C=O) groups excluding carboxylic acids is 1. The number of nitrogens with one attached hydrogen (secondary N) is 2. The predicted octanol–water partition coefficient (Wildman–Crippen LogP) is 1.44. The summed E-state index contributed by atoms with van der Waals surface area (Å²) < 4.78 is 1.58. The summed E-state index contributed by atoms with van der Waals surface area (Å²) in [6.07, 6.45) is 7.70. The fourth-order valence-electron chi connectivity index (χ4n) is 3.21. The Bertz CT molecular complexity index is 884. The number of fused-ring (bicyclic) bond motifs is 1. The molecule has 3 heterocycles. The summed E-state index contributed by atoms with van der Waals surface area (Å²) in [5.41, 5.74) is 3.51. The third kappa shape index (κ3) is 3.02. The average molecular weight is 337 g/mol. The zero-order valence-corrected chi connectivity index (χ0v) is 13.9. The van der Waals surface area contributed by atoms with Crippen LogP contribution in [0.5, 0.6) is 0 Å². The highest BCUT2D eigenvalue weighted by Crippen LogP contribution is 2.26. The molecule has 3 aromatic rings.